The van der Waals surface area contributed by atoms with E-state index >= 15 is 0 Å². The third kappa shape index (κ3) is 7.25. The Labute approximate surface area is 119 Å². The molecule has 0 atom stereocenters. The largest absolute Gasteiger partial charge is 2.00 e. The minimum absolute atomic E-state index is 0. The summed E-state index contributed by atoms with van der Waals surface area (Å²) < 4.78 is 0. The molecule has 0 bridgehead atoms. The fourth-order valence-electron chi connectivity index (χ4n) is 2.02. The zero-order chi connectivity index (χ0) is 10.2. The molecule has 15 heavy (non-hydrogen) atoms. The van der Waals surface area contributed by atoms with Crippen molar-refractivity contribution in [2.45, 2.75) is 12.8 Å². The van der Waals surface area contributed by atoms with Crippen LogP contribution in [0.25, 0.3) is 0 Å². The Morgan fingerprint density at radius 1 is 0.733 bits per heavy atom. The second-order valence-corrected chi connectivity index (χ2v) is 4.89. The van der Waals surface area contributed by atoms with Gasteiger partial charge in [0.1, 0.15) is 11.5 Å². The van der Waals surface area contributed by atoms with Gasteiger partial charge in [0.25, 0.3) is 0 Å². The van der Waals surface area contributed by atoms with Crippen LogP contribution < -0.4 is 0 Å². The zero-order valence-electron chi connectivity index (χ0n) is 9.28. The van der Waals surface area contributed by atoms with Crippen molar-refractivity contribution in [1.82, 2.24) is 9.80 Å². The molecule has 5 heteroatoms. The maximum Gasteiger partial charge on any atom is 2.00 e. The minimum atomic E-state index is 0. The summed E-state index contributed by atoms with van der Waals surface area (Å²) in [6.45, 7) is 7.47. The van der Waals surface area contributed by atoms with E-state index in [-0.39, 0.29) is 20.4 Å². The Morgan fingerprint density at radius 3 is 1.33 bits per heavy atom. The van der Waals surface area contributed by atoms with E-state index in [0.29, 0.717) is 0 Å². The van der Waals surface area contributed by atoms with E-state index in [1.54, 1.807) is 0 Å². The zero-order valence-corrected chi connectivity index (χ0v) is 12.8. The van der Waals surface area contributed by atoms with Crippen LogP contribution in [-0.4, -0.2) is 60.6 Å². The molecule has 0 spiro atoms. The molecule has 0 unspecified atom stereocenters. The van der Waals surface area contributed by atoms with Crippen LogP contribution in [0.5, 0.6) is 0 Å². The molecule has 1 heterocycles. The SMILES string of the molecule is [Pd+2].[SH2+]CCN1CCCN(CC[SH2+])CCC1. The Kier molecular flexibility index (Phi) is 11.3. The van der Waals surface area contributed by atoms with Crippen molar-refractivity contribution in [3.05, 3.63) is 0 Å². The number of hydrogen-bond acceptors (Lipinski definition) is 2. The molecular formula is C10H24N2PdS2+4. The van der Waals surface area contributed by atoms with E-state index in [0.717, 1.165) is 11.5 Å². The van der Waals surface area contributed by atoms with Crippen molar-refractivity contribution >= 4 is 25.3 Å². The predicted molar refractivity (Wildman–Crippen MR) is 72.2 cm³/mol. The van der Waals surface area contributed by atoms with Gasteiger partial charge in [0.05, 0.1) is 0 Å². The van der Waals surface area contributed by atoms with Crippen molar-refractivity contribution in [1.29, 1.82) is 0 Å². The molecule has 1 saturated heterocycles. The quantitative estimate of drug-likeness (QED) is 0.497. The maximum absolute atomic E-state index is 3.55. The van der Waals surface area contributed by atoms with Crippen LogP contribution >= 0.6 is 0 Å². The molecular weight excluding hydrogens is 319 g/mol. The average Bonchev–Trinajstić information content (AvgIpc) is 2.13. The molecule has 1 aliphatic heterocycles. The molecule has 1 rings (SSSR count). The van der Waals surface area contributed by atoms with E-state index in [9.17, 15) is 0 Å². The normalized spacial score (nSPS) is 20.4. The first-order chi connectivity index (χ1) is 6.86. The van der Waals surface area contributed by atoms with Crippen LogP contribution in [0.2, 0.25) is 0 Å². The number of rotatable bonds is 4. The van der Waals surface area contributed by atoms with Gasteiger partial charge >= 0.3 is 20.4 Å². The van der Waals surface area contributed by atoms with Crippen molar-refractivity contribution in [2.24, 2.45) is 0 Å². The van der Waals surface area contributed by atoms with Gasteiger partial charge in [-0.1, -0.05) is 0 Å². The van der Waals surface area contributed by atoms with Crippen LogP contribution in [0.1, 0.15) is 12.8 Å². The molecule has 0 aromatic carbocycles. The number of hydrogen-bond donors (Lipinski definition) is 0. The molecule has 0 saturated carbocycles. The molecule has 0 aromatic heterocycles. The first-order valence-corrected chi connectivity index (χ1v) is 7.02. The topological polar surface area (TPSA) is 6.48 Å². The fraction of sp³-hybridized carbons (Fsp3) is 1.00. The van der Waals surface area contributed by atoms with Crippen LogP contribution in [-0.2, 0) is 45.7 Å². The summed E-state index contributed by atoms with van der Waals surface area (Å²) in [4.78, 5) is 5.13. The Balaban J connectivity index is 0.00000196. The maximum atomic E-state index is 3.55. The molecule has 0 aromatic rings. The third-order valence-electron chi connectivity index (χ3n) is 2.75. The summed E-state index contributed by atoms with van der Waals surface area (Å²) in [6.07, 6.45) is 2.64. The van der Waals surface area contributed by atoms with Gasteiger partial charge in [-0.25, -0.2) is 0 Å². The monoisotopic (exact) mass is 342 g/mol. The Bertz CT molecular complexity index is 125. The molecule has 1 fully saturated rings. The van der Waals surface area contributed by atoms with E-state index in [4.69, 9.17) is 0 Å². The first kappa shape index (κ1) is 16.3. The van der Waals surface area contributed by atoms with E-state index < -0.39 is 0 Å². The molecule has 0 amide bonds. The van der Waals surface area contributed by atoms with Gasteiger partial charge < -0.3 is 0 Å². The van der Waals surface area contributed by atoms with Crippen LogP contribution in [0.15, 0.2) is 0 Å². The van der Waals surface area contributed by atoms with E-state index in [1.807, 2.05) is 0 Å². The Hall–Kier alpha value is 1.28. The molecule has 1 aliphatic rings. The third-order valence-corrected chi connectivity index (χ3v) is 3.20. The van der Waals surface area contributed by atoms with Gasteiger partial charge in [0.2, 0.25) is 0 Å². The fourth-order valence-corrected chi connectivity index (χ4v) is 2.66. The molecule has 92 valence electrons. The standard InChI is InChI=1S/C10H22N2S2.Pd/c13-9-7-11-3-1-4-12(8-10-14)6-2-5-11;/h13-14H,1-10H2;/q;+2/p+2. The van der Waals surface area contributed by atoms with Crippen LogP contribution in [0, 0.1) is 0 Å². The van der Waals surface area contributed by atoms with Crippen molar-refractivity contribution < 1.29 is 20.4 Å². The smallest absolute Gasteiger partial charge is 0.299 e. The van der Waals surface area contributed by atoms with E-state index in [2.05, 4.69) is 35.1 Å². The Morgan fingerprint density at radius 2 is 1.07 bits per heavy atom. The van der Waals surface area contributed by atoms with Gasteiger partial charge in [-0.3, -0.25) is 9.80 Å². The first-order valence-electron chi connectivity index (χ1n) is 5.60. The van der Waals surface area contributed by atoms with Crippen LogP contribution in [0.3, 0.4) is 0 Å². The van der Waals surface area contributed by atoms with E-state index in [1.165, 1.54) is 52.1 Å². The summed E-state index contributed by atoms with van der Waals surface area (Å²) >= 11 is 7.11. The summed E-state index contributed by atoms with van der Waals surface area (Å²) in [5.74, 6) is 2.20. The molecule has 0 aliphatic carbocycles. The summed E-state index contributed by atoms with van der Waals surface area (Å²) in [7, 11) is 0. The van der Waals surface area contributed by atoms with Gasteiger partial charge in [0, 0.05) is 13.1 Å². The summed E-state index contributed by atoms with van der Waals surface area (Å²) in [6, 6.07) is 0. The average molecular weight is 343 g/mol. The van der Waals surface area contributed by atoms with Crippen molar-refractivity contribution in [2.75, 3.05) is 50.8 Å². The van der Waals surface area contributed by atoms with Gasteiger partial charge in [-0.2, -0.15) is 0 Å². The van der Waals surface area contributed by atoms with Gasteiger partial charge in [0.15, 0.2) is 0 Å². The number of nitrogens with zero attached hydrogens (tertiary/aromatic N) is 2. The second-order valence-electron chi connectivity index (χ2n) is 3.89. The van der Waals surface area contributed by atoms with Gasteiger partial charge in [-0.15, -0.1) is 0 Å². The second kappa shape index (κ2) is 10.4. The molecule has 0 N–H and O–H groups in total. The van der Waals surface area contributed by atoms with Crippen LogP contribution in [0.4, 0.5) is 0 Å². The minimum Gasteiger partial charge on any atom is -0.299 e. The summed E-state index contributed by atoms with van der Waals surface area (Å²) in [5, 5.41) is 0. The van der Waals surface area contributed by atoms with Crippen molar-refractivity contribution in [3.8, 4) is 0 Å². The molecule has 0 radical (unpaired) electrons. The summed E-state index contributed by atoms with van der Waals surface area (Å²) in [5.41, 5.74) is 0. The predicted octanol–water partition coefficient (Wildman–Crippen LogP) is -0.595. The molecule has 2 nitrogen and oxygen atoms in total. The van der Waals surface area contributed by atoms with Crippen molar-refractivity contribution in [3.63, 3.8) is 0 Å². The van der Waals surface area contributed by atoms with Gasteiger partial charge in [-0.05, 0) is 64.3 Å².